The molecular formula is C25H24BrFN2O. The molecule has 1 aromatic heterocycles. The Morgan fingerprint density at radius 3 is 2.47 bits per heavy atom. The average Bonchev–Trinajstić information content (AvgIpc) is 2.74. The SMILES string of the molecule is O=C(Nc1ccc(Br)cc1)[C@H]1CC[C@]12CC[C@H](c1ccnc3ccc(F)cc31)CC2. The first-order valence-electron chi connectivity index (χ1n) is 10.6. The lowest BCUT2D eigenvalue weighted by Gasteiger charge is -2.52. The second-order valence-electron chi connectivity index (χ2n) is 8.79. The minimum absolute atomic E-state index is 0.0914. The number of carbonyl (C=O) groups is 1. The van der Waals surface area contributed by atoms with Gasteiger partial charge in [-0.15, -0.1) is 0 Å². The number of nitrogens with one attached hydrogen (secondary N) is 1. The molecule has 1 amide bonds. The first kappa shape index (κ1) is 19.7. The standard InChI is InChI=1S/C25H24BrFN2O/c26-17-1-4-19(5-2-17)29-24(30)22-9-13-25(22)11-7-16(8-12-25)20-10-14-28-23-6-3-18(27)15-21(20)23/h1-6,10,14-16,22H,7-9,11-13H2,(H,29,30)/t16-,22-,25+/m1/s1. The summed E-state index contributed by atoms with van der Waals surface area (Å²) >= 11 is 3.43. The molecule has 0 bridgehead atoms. The van der Waals surface area contributed by atoms with Crippen LogP contribution in [0.2, 0.25) is 0 Å². The van der Waals surface area contributed by atoms with E-state index < -0.39 is 0 Å². The lowest BCUT2D eigenvalue weighted by molar-refractivity contribution is -0.133. The van der Waals surface area contributed by atoms with Crippen molar-refractivity contribution in [1.82, 2.24) is 4.98 Å². The molecule has 0 radical (unpaired) electrons. The second-order valence-corrected chi connectivity index (χ2v) is 9.70. The lowest BCUT2D eigenvalue weighted by atomic mass is 9.52. The Morgan fingerprint density at radius 2 is 1.77 bits per heavy atom. The van der Waals surface area contributed by atoms with E-state index in [1.54, 1.807) is 12.1 Å². The molecule has 2 aliphatic rings. The number of amides is 1. The Hall–Kier alpha value is -2.27. The first-order chi connectivity index (χ1) is 14.5. The Kier molecular flexibility index (Phi) is 5.10. The van der Waals surface area contributed by atoms with Crippen LogP contribution in [0.4, 0.5) is 10.1 Å². The quantitative estimate of drug-likeness (QED) is 0.459. The van der Waals surface area contributed by atoms with Crippen LogP contribution in [0.25, 0.3) is 10.9 Å². The van der Waals surface area contributed by atoms with Crippen molar-refractivity contribution in [2.45, 2.75) is 44.4 Å². The summed E-state index contributed by atoms with van der Waals surface area (Å²) in [5.74, 6) is 0.429. The molecule has 2 saturated carbocycles. The van der Waals surface area contributed by atoms with Crippen molar-refractivity contribution < 1.29 is 9.18 Å². The number of nitrogens with zero attached hydrogens (tertiary/aromatic N) is 1. The van der Waals surface area contributed by atoms with Gasteiger partial charge in [-0.25, -0.2) is 4.39 Å². The summed E-state index contributed by atoms with van der Waals surface area (Å²) in [6.07, 6.45) is 8.11. The highest BCUT2D eigenvalue weighted by atomic mass is 79.9. The van der Waals surface area contributed by atoms with Crippen LogP contribution < -0.4 is 5.32 Å². The van der Waals surface area contributed by atoms with E-state index in [1.165, 1.54) is 11.6 Å². The molecule has 0 aliphatic heterocycles. The number of benzene rings is 2. The maximum Gasteiger partial charge on any atom is 0.228 e. The smallest absolute Gasteiger partial charge is 0.228 e. The number of aromatic nitrogens is 1. The molecule has 5 rings (SSSR count). The van der Waals surface area contributed by atoms with Crippen LogP contribution >= 0.6 is 15.9 Å². The lowest BCUT2D eigenvalue weighted by Crippen LogP contribution is -2.48. The Labute approximate surface area is 184 Å². The van der Waals surface area contributed by atoms with Crippen molar-refractivity contribution >= 4 is 38.4 Å². The van der Waals surface area contributed by atoms with Crippen molar-refractivity contribution in [1.29, 1.82) is 0 Å². The molecule has 3 aromatic rings. The second kappa shape index (κ2) is 7.77. The van der Waals surface area contributed by atoms with Crippen LogP contribution in [0.15, 0.2) is 59.2 Å². The van der Waals surface area contributed by atoms with Gasteiger partial charge in [-0.1, -0.05) is 15.9 Å². The molecule has 2 aromatic carbocycles. The van der Waals surface area contributed by atoms with Gasteiger partial charge in [0.2, 0.25) is 5.91 Å². The van der Waals surface area contributed by atoms with Gasteiger partial charge in [-0.3, -0.25) is 9.78 Å². The van der Waals surface area contributed by atoms with Gasteiger partial charge in [-0.05, 0) is 104 Å². The van der Waals surface area contributed by atoms with Crippen LogP contribution in [0.3, 0.4) is 0 Å². The third-order valence-electron chi connectivity index (χ3n) is 7.26. The third kappa shape index (κ3) is 3.53. The predicted octanol–water partition coefficient (Wildman–Crippen LogP) is 6.83. The topological polar surface area (TPSA) is 42.0 Å². The molecule has 3 nitrogen and oxygen atoms in total. The zero-order valence-electron chi connectivity index (χ0n) is 16.7. The maximum atomic E-state index is 13.8. The highest BCUT2D eigenvalue weighted by Crippen LogP contribution is 2.58. The number of anilines is 1. The van der Waals surface area contributed by atoms with E-state index in [2.05, 4.69) is 26.2 Å². The van der Waals surface area contributed by atoms with Crippen molar-refractivity contribution in [3.8, 4) is 0 Å². The number of fused-ring (bicyclic) bond motifs is 1. The van der Waals surface area contributed by atoms with Gasteiger partial charge in [0.25, 0.3) is 0 Å². The van der Waals surface area contributed by atoms with Crippen LogP contribution in [-0.2, 0) is 4.79 Å². The fourth-order valence-electron chi connectivity index (χ4n) is 5.47. The van der Waals surface area contributed by atoms with E-state index in [1.807, 2.05) is 36.5 Å². The van der Waals surface area contributed by atoms with E-state index in [0.717, 1.165) is 59.6 Å². The van der Waals surface area contributed by atoms with Crippen molar-refractivity contribution in [3.63, 3.8) is 0 Å². The third-order valence-corrected chi connectivity index (χ3v) is 7.79. The summed E-state index contributed by atoms with van der Waals surface area (Å²) < 4.78 is 14.8. The molecular weight excluding hydrogens is 443 g/mol. The summed E-state index contributed by atoms with van der Waals surface area (Å²) in [4.78, 5) is 17.3. The fraction of sp³-hybridized carbons (Fsp3) is 0.360. The predicted molar refractivity (Wildman–Crippen MR) is 121 cm³/mol. The highest BCUT2D eigenvalue weighted by Gasteiger charge is 2.51. The minimum Gasteiger partial charge on any atom is -0.326 e. The van der Waals surface area contributed by atoms with Gasteiger partial charge in [0.15, 0.2) is 0 Å². The van der Waals surface area contributed by atoms with E-state index in [9.17, 15) is 9.18 Å². The first-order valence-corrected chi connectivity index (χ1v) is 11.4. The van der Waals surface area contributed by atoms with Gasteiger partial charge < -0.3 is 5.32 Å². The minimum atomic E-state index is -0.215. The molecule has 30 heavy (non-hydrogen) atoms. The van der Waals surface area contributed by atoms with Crippen LogP contribution in [-0.4, -0.2) is 10.9 Å². The molecule has 2 fully saturated rings. The van der Waals surface area contributed by atoms with Gasteiger partial charge in [0.05, 0.1) is 5.52 Å². The Bertz CT molecular complexity index is 1090. The number of rotatable bonds is 3. The summed E-state index contributed by atoms with van der Waals surface area (Å²) in [6, 6.07) is 14.6. The zero-order chi connectivity index (χ0) is 20.7. The van der Waals surface area contributed by atoms with Crippen LogP contribution in [0.1, 0.15) is 50.0 Å². The number of halogens is 2. The van der Waals surface area contributed by atoms with Gasteiger partial charge in [-0.2, -0.15) is 0 Å². The van der Waals surface area contributed by atoms with Crippen molar-refractivity contribution in [2.24, 2.45) is 11.3 Å². The van der Waals surface area contributed by atoms with Crippen molar-refractivity contribution in [3.05, 3.63) is 70.6 Å². The molecule has 2 aliphatic carbocycles. The van der Waals surface area contributed by atoms with Gasteiger partial charge >= 0.3 is 0 Å². The summed E-state index contributed by atoms with van der Waals surface area (Å²) in [7, 11) is 0. The van der Waals surface area contributed by atoms with E-state index in [0.29, 0.717) is 5.92 Å². The van der Waals surface area contributed by atoms with Gasteiger partial charge in [0.1, 0.15) is 5.82 Å². The normalized spacial score (nSPS) is 25.8. The zero-order valence-corrected chi connectivity index (χ0v) is 18.3. The summed E-state index contributed by atoms with van der Waals surface area (Å²) in [5.41, 5.74) is 3.03. The van der Waals surface area contributed by atoms with E-state index in [-0.39, 0.29) is 23.1 Å². The molecule has 5 heteroatoms. The van der Waals surface area contributed by atoms with Gasteiger partial charge in [0, 0.05) is 27.7 Å². The molecule has 1 N–H and O–H groups in total. The van der Waals surface area contributed by atoms with E-state index in [4.69, 9.17) is 0 Å². The number of carbonyl (C=O) groups excluding carboxylic acids is 1. The Morgan fingerprint density at radius 1 is 1.03 bits per heavy atom. The summed E-state index contributed by atoms with van der Waals surface area (Å²) in [5, 5.41) is 4.03. The highest BCUT2D eigenvalue weighted by molar-refractivity contribution is 9.10. The maximum absolute atomic E-state index is 13.8. The van der Waals surface area contributed by atoms with Crippen LogP contribution in [0, 0.1) is 17.2 Å². The summed E-state index contributed by atoms with van der Waals surface area (Å²) in [6.45, 7) is 0. The number of pyridine rings is 1. The number of hydrogen-bond acceptors (Lipinski definition) is 2. The van der Waals surface area contributed by atoms with Crippen molar-refractivity contribution in [2.75, 3.05) is 5.32 Å². The molecule has 1 spiro atoms. The molecule has 154 valence electrons. The molecule has 0 unspecified atom stereocenters. The monoisotopic (exact) mass is 466 g/mol. The van der Waals surface area contributed by atoms with Crippen LogP contribution in [0.5, 0.6) is 0 Å². The largest absolute Gasteiger partial charge is 0.326 e. The molecule has 1 heterocycles. The van der Waals surface area contributed by atoms with E-state index >= 15 is 0 Å². The average molecular weight is 467 g/mol. The Balaban J connectivity index is 1.29. The molecule has 1 atom stereocenters. The number of hydrogen-bond donors (Lipinski definition) is 1. The molecule has 0 saturated heterocycles. The fourth-order valence-corrected chi connectivity index (χ4v) is 5.73.